The van der Waals surface area contributed by atoms with Crippen LogP contribution in [0.25, 0.3) is 0 Å². The first kappa shape index (κ1) is 15.7. The van der Waals surface area contributed by atoms with Gasteiger partial charge in [-0.15, -0.1) is 0 Å². The highest BCUT2D eigenvalue weighted by Gasteiger charge is 2.15. The fourth-order valence-corrected chi connectivity index (χ4v) is 2.00. The molecule has 0 aliphatic carbocycles. The van der Waals surface area contributed by atoms with Crippen LogP contribution in [0.2, 0.25) is 5.02 Å². The molecule has 0 aliphatic heterocycles. The van der Waals surface area contributed by atoms with E-state index in [1.807, 2.05) is 0 Å². The van der Waals surface area contributed by atoms with Crippen molar-refractivity contribution in [3.8, 4) is 5.75 Å². The van der Waals surface area contributed by atoms with Gasteiger partial charge in [-0.25, -0.2) is 4.39 Å². The maximum Gasteiger partial charge on any atom is 0.273 e. The van der Waals surface area contributed by atoms with Crippen LogP contribution in [0.4, 0.5) is 15.8 Å². The van der Waals surface area contributed by atoms with Gasteiger partial charge >= 0.3 is 0 Å². The molecule has 0 atom stereocenters. The maximum atomic E-state index is 13.3. The summed E-state index contributed by atoms with van der Waals surface area (Å²) in [7, 11) is 1.31. The minimum absolute atomic E-state index is 0.0189. The van der Waals surface area contributed by atoms with Crippen molar-refractivity contribution in [3.63, 3.8) is 0 Å². The number of ether oxygens (including phenoxy) is 1. The molecular formula is C14H10ClFN2O4. The fourth-order valence-electron chi connectivity index (χ4n) is 1.78. The van der Waals surface area contributed by atoms with Gasteiger partial charge in [0.25, 0.3) is 11.6 Å². The summed E-state index contributed by atoms with van der Waals surface area (Å²) < 4.78 is 18.3. The normalized spacial score (nSPS) is 10.1. The molecule has 0 saturated carbocycles. The minimum Gasteiger partial charge on any atom is -0.494 e. The summed E-state index contributed by atoms with van der Waals surface area (Å²) in [5, 5.41) is 13.3. The standard InChI is InChI=1S/C14H10ClFN2O4/c1-22-13-7-11(18(20)21)2-3-12(13)17-14(19)8-4-9(15)6-10(16)5-8/h2-7H,1H3,(H,17,19). The van der Waals surface area contributed by atoms with Crippen molar-refractivity contribution in [2.45, 2.75) is 0 Å². The van der Waals surface area contributed by atoms with E-state index in [0.29, 0.717) is 0 Å². The lowest BCUT2D eigenvalue weighted by Gasteiger charge is -2.10. The molecule has 22 heavy (non-hydrogen) atoms. The quantitative estimate of drug-likeness (QED) is 0.687. The Morgan fingerprint density at radius 3 is 2.64 bits per heavy atom. The number of nitrogens with zero attached hydrogens (tertiary/aromatic N) is 1. The summed E-state index contributed by atoms with van der Waals surface area (Å²) in [6.45, 7) is 0. The first-order chi connectivity index (χ1) is 10.4. The number of hydrogen-bond acceptors (Lipinski definition) is 4. The van der Waals surface area contributed by atoms with Crippen LogP contribution in [0.15, 0.2) is 36.4 Å². The molecule has 6 nitrogen and oxygen atoms in total. The number of anilines is 1. The predicted molar refractivity (Wildman–Crippen MR) is 79.0 cm³/mol. The van der Waals surface area contributed by atoms with Crippen LogP contribution in [0, 0.1) is 15.9 Å². The smallest absolute Gasteiger partial charge is 0.273 e. The summed E-state index contributed by atoms with van der Waals surface area (Å²) in [5.41, 5.74) is 0.0625. The van der Waals surface area contributed by atoms with Crippen molar-refractivity contribution in [1.82, 2.24) is 0 Å². The van der Waals surface area contributed by atoms with Gasteiger partial charge in [0.2, 0.25) is 0 Å². The van der Waals surface area contributed by atoms with Gasteiger partial charge in [0.1, 0.15) is 11.6 Å². The van der Waals surface area contributed by atoms with Gasteiger partial charge in [-0.2, -0.15) is 0 Å². The van der Waals surface area contributed by atoms with Crippen LogP contribution < -0.4 is 10.1 Å². The monoisotopic (exact) mass is 324 g/mol. The van der Waals surface area contributed by atoms with Gasteiger partial charge < -0.3 is 10.1 Å². The molecule has 0 unspecified atom stereocenters. The number of rotatable bonds is 4. The van der Waals surface area contributed by atoms with Crippen molar-refractivity contribution in [2.75, 3.05) is 12.4 Å². The van der Waals surface area contributed by atoms with E-state index in [-0.39, 0.29) is 27.7 Å². The number of non-ortho nitro benzene ring substituents is 1. The number of halogens is 2. The number of methoxy groups -OCH3 is 1. The zero-order chi connectivity index (χ0) is 16.3. The van der Waals surface area contributed by atoms with Crippen LogP contribution in [0.5, 0.6) is 5.75 Å². The van der Waals surface area contributed by atoms with E-state index in [9.17, 15) is 19.3 Å². The number of amides is 1. The molecule has 0 aliphatic rings. The third-order valence-corrected chi connectivity index (χ3v) is 2.99. The van der Waals surface area contributed by atoms with E-state index in [1.165, 1.54) is 31.4 Å². The maximum absolute atomic E-state index is 13.3. The van der Waals surface area contributed by atoms with E-state index in [0.717, 1.165) is 12.1 Å². The SMILES string of the molecule is COc1cc([N+](=O)[O-])ccc1NC(=O)c1cc(F)cc(Cl)c1. The van der Waals surface area contributed by atoms with Crippen molar-refractivity contribution < 1.29 is 18.8 Å². The molecule has 2 aromatic rings. The Labute approximate surface area is 129 Å². The molecule has 114 valence electrons. The second kappa shape index (κ2) is 6.40. The Morgan fingerprint density at radius 1 is 1.32 bits per heavy atom. The van der Waals surface area contributed by atoms with Crippen LogP contribution in [0.3, 0.4) is 0 Å². The Kier molecular flexibility index (Phi) is 4.57. The van der Waals surface area contributed by atoms with Crippen molar-refractivity contribution >= 4 is 28.9 Å². The lowest BCUT2D eigenvalue weighted by molar-refractivity contribution is -0.384. The molecule has 0 bridgehead atoms. The van der Waals surface area contributed by atoms with Gasteiger partial charge in [-0.1, -0.05) is 11.6 Å². The van der Waals surface area contributed by atoms with E-state index in [4.69, 9.17) is 16.3 Å². The number of nitro groups is 1. The topological polar surface area (TPSA) is 81.5 Å². The van der Waals surface area contributed by atoms with Crippen LogP contribution >= 0.6 is 11.6 Å². The number of carbonyl (C=O) groups excluding carboxylic acids is 1. The lowest BCUT2D eigenvalue weighted by atomic mass is 10.2. The first-order valence-corrected chi connectivity index (χ1v) is 6.38. The summed E-state index contributed by atoms with van der Waals surface area (Å²) >= 11 is 5.69. The van der Waals surface area contributed by atoms with Gasteiger partial charge in [0, 0.05) is 16.7 Å². The van der Waals surface area contributed by atoms with E-state index >= 15 is 0 Å². The molecular weight excluding hydrogens is 315 g/mol. The molecule has 1 amide bonds. The van der Waals surface area contributed by atoms with Crippen LogP contribution in [0.1, 0.15) is 10.4 Å². The van der Waals surface area contributed by atoms with E-state index in [2.05, 4.69) is 5.32 Å². The molecule has 0 fully saturated rings. The Bertz CT molecular complexity index is 731. The zero-order valence-corrected chi connectivity index (χ0v) is 12.1. The fraction of sp³-hybridized carbons (Fsp3) is 0.0714. The Balaban J connectivity index is 2.29. The molecule has 0 heterocycles. The molecule has 2 rings (SSSR count). The minimum atomic E-state index is -0.645. The highest BCUT2D eigenvalue weighted by atomic mass is 35.5. The average Bonchev–Trinajstić information content (AvgIpc) is 2.46. The van der Waals surface area contributed by atoms with Crippen molar-refractivity contribution in [1.29, 1.82) is 0 Å². The van der Waals surface area contributed by atoms with Crippen molar-refractivity contribution in [2.24, 2.45) is 0 Å². The first-order valence-electron chi connectivity index (χ1n) is 6.00. The van der Waals surface area contributed by atoms with Gasteiger partial charge in [-0.05, 0) is 24.3 Å². The highest BCUT2D eigenvalue weighted by molar-refractivity contribution is 6.31. The highest BCUT2D eigenvalue weighted by Crippen LogP contribution is 2.29. The summed E-state index contributed by atoms with van der Waals surface area (Å²) in [6, 6.07) is 7.13. The van der Waals surface area contributed by atoms with Gasteiger partial charge in [0.15, 0.2) is 0 Å². The van der Waals surface area contributed by atoms with Gasteiger partial charge in [0.05, 0.1) is 23.8 Å². The van der Waals surface area contributed by atoms with E-state index < -0.39 is 16.6 Å². The number of nitro benzene ring substituents is 1. The Morgan fingerprint density at radius 2 is 2.05 bits per heavy atom. The zero-order valence-electron chi connectivity index (χ0n) is 11.3. The molecule has 0 spiro atoms. The molecule has 1 N–H and O–H groups in total. The largest absolute Gasteiger partial charge is 0.494 e. The van der Waals surface area contributed by atoms with E-state index in [1.54, 1.807) is 0 Å². The predicted octanol–water partition coefficient (Wildman–Crippen LogP) is 3.65. The average molecular weight is 325 g/mol. The number of carbonyl (C=O) groups is 1. The molecule has 0 saturated heterocycles. The van der Waals surface area contributed by atoms with Crippen LogP contribution in [-0.4, -0.2) is 17.9 Å². The number of benzene rings is 2. The second-order valence-electron chi connectivity index (χ2n) is 4.25. The van der Waals surface area contributed by atoms with Crippen LogP contribution in [-0.2, 0) is 0 Å². The molecule has 8 heteroatoms. The third-order valence-electron chi connectivity index (χ3n) is 2.77. The lowest BCUT2D eigenvalue weighted by Crippen LogP contribution is -2.13. The second-order valence-corrected chi connectivity index (χ2v) is 4.69. The Hall–Kier alpha value is -2.67. The third kappa shape index (κ3) is 3.50. The summed E-state index contributed by atoms with van der Waals surface area (Å²) in [6.07, 6.45) is 0. The summed E-state index contributed by atoms with van der Waals surface area (Å²) in [4.78, 5) is 22.2. The number of hydrogen-bond donors (Lipinski definition) is 1. The van der Waals surface area contributed by atoms with Crippen molar-refractivity contribution in [3.05, 3.63) is 62.9 Å². The van der Waals surface area contributed by atoms with Gasteiger partial charge in [-0.3, -0.25) is 14.9 Å². The molecule has 2 aromatic carbocycles. The molecule has 0 aromatic heterocycles. The summed E-state index contributed by atoms with van der Waals surface area (Å²) in [5.74, 6) is -1.15. The number of nitrogens with one attached hydrogen (secondary N) is 1. The molecule has 0 radical (unpaired) electrons.